The van der Waals surface area contributed by atoms with Gasteiger partial charge in [0.15, 0.2) is 0 Å². The Bertz CT molecular complexity index is 828. The van der Waals surface area contributed by atoms with Crippen LogP contribution in [0.25, 0.3) is 0 Å². The summed E-state index contributed by atoms with van der Waals surface area (Å²) in [5.41, 5.74) is 2.47. The summed E-state index contributed by atoms with van der Waals surface area (Å²) >= 11 is 0. The predicted octanol–water partition coefficient (Wildman–Crippen LogP) is 3.37. The summed E-state index contributed by atoms with van der Waals surface area (Å²) in [5, 5.41) is 0. The van der Waals surface area contributed by atoms with E-state index < -0.39 is 10.0 Å². The molecule has 2 aliphatic heterocycles. The monoisotopic (exact) mass is 404 g/mol. The van der Waals surface area contributed by atoms with Crippen LogP contribution in [0, 0.1) is 5.92 Å². The number of carbonyl (C=O) groups is 1. The van der Waals surface area contributed by atoms with Crippen molar-refractivity contribution in [2.75, 3.05) is 19.6 Å². The summed E-state index contributed by atoms with van der Waals surface area (Å²) < 4.78 is 27.8. The van der Waals surface area contributed by atoms with Gasteiger partial charge < -0.3 is 4.90 Å². The Hall–Kier alpha value is -1.40. The number of piperidine rings is 2. The van der Waals surface area contributed by atoms with E-state index in [1.54, 1.807) is 10.4 Å². The molecule has 154 valence electrons. The average molecular weight is 405 g/mol. The lowest BCUT2D eigenvalue weighted by molar-refractivity contribution is -0.140. The van der Waals surface area contributed by atoms with Crippen molar-refractivity contribution in [1.29, 1.82) is 0 Å². The van der Waals surface area contributed by atoms with E-state index in [2.05, 4.69) is 11.8 Å². The second kappa shape index (κ2) is 8.15. The highest BCUT2D eigenvalue weighted by atomic mass is 32.2. The maximum atomic E-state index is 13.1. The van der Waals surface area contributed by atoms with E-state index in [-0.39, 0.29) is 11.8 Å². The maximum absolute atomic E-state index is 13.1. The van der Waals surface area contributed by atoms with Gasteiger partial charge in [-0.05, 0) is 81.0 Å². The number of hydrogen-bond acceptors (Lipinski definition) is 3. The van der Waals surface area contributed by atoms with Crippen LogP contribution in [0.4, 0.5) is 0 Å². The summed E-state index contributed by atoms with van der Waals surface area (Å²) in [7, 11) is -3.46. The van der Waals surface area contributed by atoms with Gasteiger partial charge in [0.25, 0.3) is 0 Å². The molecule has 0 saturated carbocycles. The Labute approximate surface area is 169 Å². The number of hydrogen-bond donors (Lipinski definition) is 0. The van der Waals surface area contributed by atoms with Crippen molar-refractivity contribution in [3.05, 3.63) is 29.3 Å². The minimum Gasteiger partial charge on any atom is -0.339 e. The zero-order chi connectivity index (χ0) is 19.7. The molecule has 1 aliphatic carbocycles. The fourth-order valence-corrected chi connectivity index (χ4v) is 6.67. The summed E-state index contributed by atoms with van der Waals surface area (Å²) in [5.74, 6) is 0.222. The zero-order valence-electron chi connectivity index (χ0n) is 16.9. The van der Waals surface area contributed by atoms with Crippen molar-refractivity contribution in [3.63, 3.8) is 0 Å². The predicted molar refractivity (Wildman–Crippen MR) is 110 cm³/mol. The van der Waals surface area contributed by atoms with Crippen LogP contribution in [0.1, 0.15) is 63.0 Å². The van der Waals surface area contributed by atoms with E-state index in [9.17, 15) is 13.2 Å². The zero-order valence-corrected chi connectivity index (χ0v) is 17.7. The first-order chi connectivity index (χ1) is 13.5. The molecule has 1 aromatic rings. The normalized spacial score (nSPS) is 24.3. The Balaban J connectivity index is 1.41. The first-order valence-corrected chi connectivity index (χ1v) is 12.4. The van der Waals surface area contributed by atoms with Gasteiger partial charge in [-0.15, -0.1) is 0 Å². The molecule has 0 unspecified atom stereocenters. The van der Waals surface area contributed by atoms with Gasteiger partial charge in [-0.2, -0.15) is 4.31 Å². The molecule has 0 bridgehead atoms. The molecule has 0 aromatic heterocycles. The number of carbonyl (C=O) groups excluding carboxylic acids is 1. The molecule has 1 atom stereocenters. The first-order valence-electron chi connectivity index (χ1n) is 10.9. The summed E-state index contributed by atoms with van der Waals surface area (Å²) in [4.78, 5) is 15.5. The van der Waals surface area contributed by atoms with E-state index in [1.165, 1.54) is 17.5 Å². The van der Waals surface area contributed by atoms with Gasteiger partial charge in [0.2, 0.25) is 15.9 Å². The van der Waals surface area contributed by atoms with Crippen LogP contribution in [0.15, 0.2) is 23.1 Å². The third-order valence-corrected chi connectivity index (χ3v) is 8.79. The second-order valence-corrected chi connectivity index (χ2v) is 10.5. The van der Waals surface area contributed by atoms with Gasteiger partial charge >= 0.3 is 0 Å². The largest absolute Gasteiger partial charge is 0.339 e. The van der Waals surface area contributed by atoms with Gasteiger partial charge in [-0.25, -0.2) is 8.42 Å². The van der Waals surface area contributed by atoms with Crippen molar-refractivity contribution < 1.29 is 13.2 Å². The summed E-state index contributed by atoms with van der Waals surface area (Å²) in [6.45, 7) is 3.91. The molecule has 5 nitrogen and oxygen atoms in total. The molecule has 6 heteroatoms. The van der Waals surface area contributed by atoms with Crippen LogP contribution >= 0.6 is 0 Å². The van der Waals surface area contributed by atoms with Crippen molar-refractivity contribution in [2.24, 2.45) is 5.92 Å². The molecule has 1 amide bonds. The average Bonchev–Trinajstić information content (AvgIpc) is 3.21. The van der Waals surface area contributed by atoms with Crippen LogP contribution in [-0.4, -0.2) is 49.2 Å². The Morgan fingerprint density at radius 3 is 2.50 bits per heavy atom. The molecule has 3 aliphatic rings. The molecule has 1 aromatic carbocycles. The van der Waals surface area contributed by atoms with E-state index in [0.29, 0.717) is 36.9 Å². The van der Waals surface area contributed by atoms with Crippen LogP contribution in [0.2, 0.25) is 0 Å². The molecule has 0 spiro atoms. The standard InChI is InChI=1S/C22H32N2O3S/c1-2-20-8-3-4-13-24(20)22(25)18-11-14-23(15-12-18)28(26,27)21-10-9-17-6-5-7-19(17)16-21/h9-10,16,18,20H,2-8,11-15H2,1H3/t20-/m1/s1. The highest BCUT2D eigenvalue weighted by molar-refractivity contribution is 7.89. The molecular formula is C22H32N2O3S. The lowest BCUT2D eigenvalue weighted by atomic mass is 9.92. The molecule has 2 fully saturated rings. The number of sulfonamides is 1. The van der Waals surface area contributed by atoms with Crippen molar-refractivity contribution in [3.8, 4) is 0 Å². The van der Waals surface area contributed by atoms with E-state index in [4.69, 9.17) is 0 Å². The van der Waals surface area contributed by atoms with E-state index in [0.717, 1.165) is 45.1 Å². The quantitative estimate of drug-likeness (QED) is 0.773. The molecule has 0 N–H and O–H groups in total. The lowest BCUT2D eigenvalue weighted by Crippen LogP contribution is -2.49. The van der Waals surface area contributed by atoms with Gasteiger partial charge in [0.05, 0.1) is 4.90 Å². The van der Waals surface area contributed by atoms with Crippen molar-refractivity contribution in [2.45, 2.75) is 75.6 Å². The second-order valence-electron chi connectivity index (χ2n) is 8.55. The number of aryl methyl sites for hydroxylation is 2. The number of likely N-dealkylation sites (tertiary alicyclic amines) is 1. The van der Waals surface area contributed by atoms with Crippen molar-refractivity contribution in [1.82, 2.24) is 9.21 Å². The first kappa shape index (κ1) is 19.9. The maximum Gasteiger partial charge on any atom is 0.243 e. The van der Waals surface area contributed by atoms with Crippen LogP contribution in [-0.2, 0) is 27.7 Å². The fourth-order valence-electron chi connectivity index (χ4n) is 5.15. The highest BCUT2D eigenvalue weighted by Crippen LogP contribution is 2.30. The number of nitrogens with zero attached hydrogens (tertiary/aromatic N) is 2. The van der Waals surface area contributed by atoms with E-state index in [1.807, 2.05) is 12.1 Å². The Morgan fingerprint density at radius 2 is 1.75 bits per heavy atom. The number of rotatable bonds is 4. The molecule has 2 saturated heterocycles. The number of fused-ring (bicyclic) bond motifs is 1. The Morgan fingerprint density at radius 1 is 1.00 bits per heavy atom. The molecule has 0 radical (unpaired) electrons. The molecule has 2 heterocycles. The fraction of sp³-hybridized carbons (Fsp3) is 0.682. The number of benzene rings is 1. The molecular weight excluding hydrogens is 372 g/mol. The third kappa shape index (κ3) is 3.73. The topological polar surface area (TPSA) is 57.7 Å². The van der Waals surface area contributed by atoms with Crippen molar-refractivity contribution >= 4 is 15.9 Å². The minimum atomic E-state index is -3.46. The Kier molecular flexibility index (Phi) is 5.79. The van der Waals surface area contributed by atoms with Gasteiger partial charge in [0, 0.05) is 31.6 Å². The van der Waals surface area contributed by atoms with Gasteiger partial charge in [-0.3, -0.25) is 4.79 Å². The summed E-state index contributed by atoms with van der Waals surface area (Å²) in [6, 6.07) is 5.98. The van der Waals surface area contributed by atoms with Gasteiger partial charge in [0.1, 0.15) is 0 Å². The van der Waals surface area contributed by atoms with Crippen LogP contribution < -0.4 is 0 Å². The smallest absolute Gasteiger partial charge is 0.243 e. The molecule has 4 rings (SSSR count). The lowest BCUT2D eigenvalue weighted by Gasteiger charge is -2.39. The highest BCUT2D eigenvalue weighted by Gasteiger charge is 2.36. The van der Waals surface area contributed by atoms with Crippen LogP contribution in [0.5, 0.6) is 0 Å². The third-order valence-electron chi connectivity index (χ3n) is 6.89. The summed E-state index contributed by atoms with van der Waals surface area (Å²) in [6.07, 6.45) is 8.83. The number of amides is 1. The van der Waals surface area contributed by atoms with E-state index >= 15 is 0 Å². The molecule has 28 heavy (non-hydrogen) atoms. The SMILES string of the molecule is CC[C@@H]1CCCCN1C(=O)C1CCN(S(=O)(=O)c2ccc3c(c2)CCC3)CC1. The van der Waals surface area contributed by atoms with Crippen LogP contribution in [0.3, 0.4) is 0 Å². The van der Waals surface area contributed by atoms with Gasteiger partial charge in [-0.1, -0.05) is 13.0 Å². The minimum absolute atomic E-state index is 0.0291.